The molecule has 1 aliphatic carbocycles. The molecule has 1 aliphatic rings. The van der Waals surface area contributed by atoms with Gasteiger partial charge in [0.25, 0.3) is 0 Å². The van der Waals surface area contributed by atoms with E-state index in [1.54, 1.807) is 23.1 Å². The number of nitrogens with zero attached hydrogens (tertiary/aromatic N) is 4. The van der Waals surface area contributed by atoms with Gasteiger partial charge in [-0.25, -0.2) is 14.3 Å². The van der Waals surface area contributed by atoms with E-state index in [0.717, 1.165) is 42.7 Å². The van der Waals surface area contributed by atoms with E-state index < -0.39 is 11.0 Å². The standard InChI is InChI=1S/C22H28N6O2S/c1-27(11-12-28-10-8-21(26-28)31(24)29)13-14-30-20-15-17(7-9-25-20)19-6-5-16-3-2-4-18(16)22(19)23/h5-10,15H,2-4,11-14,23-24H2,1H3. The summed E-state index contributed by atoms with van der Waals surface area (Å²) in [6.07, 6.45) is 6.89. The minimum absolute atomic E-state index is 0.390. The highest BCUT2D eigenvalue weighted by Crippen LogP contribution is 2.35. The summed E-state index contributed by atoms with van der Waals surface area (Å²) in [5.41, 5.74) is 12.1. The third kappa shape index (κ3) is 5.12. The summed E-state index contributed by atoms with van der Waals surface area (Å²) in [6, 6.07) is 9.89. The van der Waals surface area contributed by atoms with Crippen LogP contribution in [0.1, 0.15) is 17.5 Å². The van der Waals surface area contributed by atoms with Crippen molar-refractivity contribution in [1.29, 1.82) is 0 Å². The summed E-state index contributed by atoms with van der Waals surface area (Å²) in [4.78, 5) is 6.48. The Morgan fingerprint density at radius 1 is 1.23 bits per heavy atom. The van der Waals surface area contributed by atoms with E-state index in [-0.39, 0.29) is 0 Å². The van der Waals surface area contributed by atoms with Crippen LogP contribution in [0.2, 0.25) is 0 Å². The molecule has 0 saturated heterocycles. The van der Waals surface area contributed by atoms with Gasteiger partial charge >= 0.3 is 0 Å². The molecule has 0 bridgehead atoms. The van der Waals surface area contributed by atoms with Crippen molar-refractivity contribution in [3.05, 3.63) is 53.9 Å². The molecule has 31 heavy (non-hydrogen) atoms. The number of rotatable bonds is 9. The minimum atomic E-state index is -1.55. The summed E-state index contributed by atoms with van der Waals surface area (Å²) in [5.74, 6) is 0.591. The van der Waals surface area contributed by atoms with Crippen LogP contribution in [0.3, 0.4) is 0 Å². The van der Waals surface area contributed by atoms with Crippen LogP contribution in [-0.4, -0.2) is 50.6 Å². The molecule has 4 N–H and O–H groups in total. The Balaban J connectivity index is 1.30. The molecular formula is C22H28N6O2S. The summed E-state index contributed by atoms with van der Waals surface area (Å²) < 4.78 is 18.9. The molecule has 1 unspecified atom stereocenters. The third-order valence-corrected chi connectivity index (χ3v) is 6.26. The lowest BCUT2D eigenvalue weighted by molar-refractivity contribution is 0.225. The fraction of sp³-hybridized carbons (Fsp3) is 0.364. The van der Waals surface area contributed by atoms with Crippen LogP contribution in [0.25, 0.3) is 11.1 Å². The van der Waals surface area contributed by atoms with Crippen LogP contribution in [0.4, 0.5) is 5.69 Å². The van der Waals surface area contributed by atoms with Crippen LogP contribution < -0.4 is 15.6 Å². The molecule has 164 valence electrons. The number of benzene rings is 1. The predicted molar refractivity (Wildman–Crippen MR) is 122 cm³/mol. The van der Waals surface area contributed by atoms with Crippen molar-refractivity contribution >= 4 is 16.7 Å². The molecule has 4 rings (SSSR count). The lowest BCUT2D eigenvalue weighted by atomic mass is 9.98. The van der Waals surface area contributed by atoms with Gasteiger partial charge in [0.15, 0.2) is 5.03 Å². The molecule has 8 nitrogen and oxygen atoms in total. The van der Waals surface area contributed by atoms with Crippen LogP contribution in [-0.2, 0) is 30.4 Å². The summed E-state index contributed by atoms with van der Waals surface area (Å²) in [6.45, 7) is 2.72. The first kappa shape index (κ1) is 21.5. The second-order valence-corrected chi connectivity index (χ2v) is 8.78. The van der Waals surface area contributed by atoms with Gasteiger partial charge in [-0.1, -0.05) is 12.1 Å². The number of hydrogen-bond donors (Lipinski definition) is 2. The molecule has 1 aromatic carbocycles. The quantitative estimate of drug-likeness (QED) is 0.492. The Morgan fingerprint density at radius 2 is 2.10 bits per heavy atom. The number of hydrogen-bond acceptors (Lipinski definition) is 6. The van der Waals surface area contributed by atoms with Gasteiger partial charge in [0.2, 0.25) is 5.88 Å². The molecule has 3 aromatic rings. The maximum Gasteiger partial charge on any atom is 0.213 e. The first-order chi connectivity index (χ1) is 15.0. The maximum atomic E-state index is 11.2. The Kier molecular flexibility index (Phi) is 6.64. The number of aryl methyl sites for hydroxylation is 1. The summed E-state index contributed by atoms with van der Waals surface area (Å²) in [7, 11) is 0.471. The van der Waals surface area contributed by atoms with Gasteiger partial charge < -0.3 is 15.4 Å². The Labute approximate surface area is 184 Å². The first-order valence-corrected chi connectivity index (χ1v) is 11.6. The predicted octanol–water partition coefficient (Wildman–Crippen LogP) is 2.01. The Hall–Kier alpha value is -2.75. The highest BCUT2D eigenvalue weighted by molar-refractivity contribution is 7.82. The van der Waals surface area contributed by atoms with Gasteiger partial charge in [0, 0.05) is 42.8 Å². The van der Waals surface area contributed by atoms with Crippen molar-refractivity contribution in [2.75, 3.05) is 32.5 Å². The summed E-state index contributed by atoms with van der Waals surface area (Å²) >= 11 is 0. The van der Waals surface area contributed by atoms with E-state index in [2.05, 4.69) is 27.1 Å². The molecule has 9 heteroatoms. The zero-order valence-corrected chi connectivity index (χ0v) is 18.5. The number of likely N-dealkylation sites (N-methyl/N-ethyl adjacent to an activating group) is 1. The van der Waals surface area contributed by atoms with Crippen molar-refractivity contribution in [2.45, 2.75) is 30.8 Å². The molecular weight excluding hydrogens is 412 g/mol. The molecule has 2 heterocycles. The Bertz CT molecular complexity index is 1080. The highest BCUT2D eigenvalue weighted by atomic mass is 32.2. The van der Waals surface area contributed by atoms with E-state index in [4.69, 9.17) is 15.6 Å². The maximum absolute atomic E-state index is 11.2. The number of anilines is 1. The lowest BCUT2D eigenvalue weighted by Gasteiger charge is -2.17. The van der Waals surface area contributed by atoms with Crippen molar-refractivity contribution in [3.8, 4) is 17.0 Å². The van der Waals surface area contributed by atoms with E-state index in [9.17, 15) is 4.21 Å². The molecule has 0 saturated carbocycles. The smallest absolute Gasteiger partial charge is 0.213 e. The molecule has 0 radical (unpaired) electrons. The van der Waals surface area contributed by atoms with Gasteiger partial charge in [-0.3, -0.25) is 4.68 Å². The van der Waals surface area contributed by atoms with Crippen LogP contribution in [0.15, 0.2) is 47.8 Å². The van der Waals surface area contributed by atoms with Gasteiger partial charge in [0.05, 0.1) is 6.54 Å². The van der Waals surface area contributed by atoms with E-state index in [1.165, 1.54) is 17.5 Å². The SMILES string of the molecule is CN(CCOc1cc(-c2ccc3c(c2N)CCC3)ccn1)CCn1ccc(S(N)=O)n1. The fourth-order valence-electron chi connectivity index (χ4n) is 3.87. The lowest BCUT2D eigenvalue weighted by Crippen LogP contribution is -2.28. The number of fused-ring (bicyclic) bond motifs is 1. The topological polar surface area (TPSA) is 112 Å². The minimum Gasteiger partial charge on any atom is -0.476 e. The normalized spacial score (nSPS) is 14.0. The van der Waals surface area contributed by atoms with Gasteiger partial charge in [-0.15, -0.1) is 0 Å². The van der Waals surface area contributed by atoms with Crippen molar-refractivity contribution < 1.29 is 8.95 Å². The fourth-order valence-corrected chi connectivity index (χ4v) is 4.25. The third-order valence-electron chi connectivity index (χ3n) is 5.63. The molecule has 0 aliphatic heterocycles. The molecule has 0 amide bonds. The highest BCUT2D eigenvalue weighted by Gasteiger charge is 2.17. The van der Waals surface area contributed by atoms with E-state index in [1.807, 2.05) is 19.2 Å². The molecule has 0 fully saturated rings. The second-order valence-electron chi connectivity index (χ2n) is 7.77. The Morgan fingerprint density at radius 3 is 2.90 bits per heavy atom. The number of ether oxygens (including phenoxy) is 1. The zero-order chi connectivity index (χ0) is 21.8. The van der Waals surface area contributed by atoms with Crippen LogP contribution in [0, 0.1) is 0 Å². The van der Waals surface area contributed by atoms with Crippen LogP contribution >= 0.6 is 0 Å². The average Bonchev–Trinajstić information content (AvgIpc) is 3.43. The van der Waals surface area contributed by atoms with Gasteiger partial charge in [-0.05, 0) is 55.1 Å². The van der Waals surface area contributed by atoms with Crippen molar-refractivity contribution in [3.63, 3.8) is 0 Å². The molecule has 0 spiro atoms. The van der Waals surface area contributed by atoms with Crippen molar-refractivity contribution in [1.82, 2.24) is 19.7 Å². The van der Waals surface area contributed by atoms with Crippen LogP contribution in [0.5, 0.6) is 5.88 Å². The number of nitrogen functional groups attached to an aromatic ring is 1. The average molecular weight is 441 g/mol. The number of nitrogens with two attached hydrogens (primary N) is 2. The monoisotopic (exact) mass is 440 g/mol. The number of pyridine rings is 1. The van der Waals surface area contributed by atoms with E-state index in [0.29, 0.717) is 24.1 Å². The first-order valence-electron chi connectivity index (χ1n) is 10.4. The largest absolute Gasteiger partial charge is 0.476 e. The van der Waals surface area contributed by atoms with E-state index >= 15 is 0 Å². The molecule has 1 atom stereocenters. The van der Waals surface area contributed by atoms with Crippen molar-refractivity contribution in [2.24, 2.45) is 5.14 Å². The zero-order valence-electron chi connectivity index (χ0n) is 17.7. The van der Waals surface area contributed by atoms with Gasteiger partial charge in [-0.2, -0.15) is 5.10 Å². The number of aromatic nitrogens is 3. The molecule has 2 aromatic heterocycles. The second kappa shape index (κ2) is 9.59. The van der Waals surface area contributed by atoms with Gasteiger partial charge in [0.1, 0.15) is 17.6 Å². The summed E-state index contributed by atoms with van der Waals surface area (Å²) in [5, 5.41) is 9.92.